The number of amides is 1. The number of alkyl halides is 3. The molecule has 7 rings (SSSR count). The minimum absolute atomic E-state index is 0.0000185. The molecule has 3 aliphatic carbocycles. The summed E-state index contributed by atoms with van der Waals surface area (Å²) in [6.45, 7) is 1.23. The van der Waals surface area contributed by atoms with Crippen molar-refractivity contribution in [2.75, 3.05) is 0 Å². The molecule has 2 aromatic rings. The smallest absolute Gasteiger partial charge is 0.377 e. The summed E-state index contributed by atoms with van der Waals surface area (Å²) in [7, 11) is 0. The number of nitro groups is 1. The Kier molecular flexibility index (Phi) is 7.41. The number of fused-ring (bicyclic) bond motifs is 2. The summed E-state index contributed by atoms with van der Waals surface area (Å²) in [5.41, 5.74) is -7.38. The molecule has 8 atom stereocenters. The van der Waals surface area contributed by atoms with E-state index in [0.29, 0.717) is 5.57 Å². The molecule has 0 aromatic heterocycles. The van der Waals surface area contributed by atoms with Crippen LogP contribution in [0.5, 0.6) is 0 Å². The number of epoxide rings is 1. The first-order valence-electron chi connectivity index (χ1n) is 15.7. The van der Waals surface area contributed by atoms with Crippen molar-refractivity contribution in [1.29, 1.82) is 0 Å². The molecule has 0 bridgehead atoms. The molecular formula is C34H27F3N2O11. The van der Waals surface area contributed by atoms with E-state index >= 15 is 0 Å². The Morgan fingerprint density at radius 1 is 0.980 bits per heavy atom. The first kappa shape index (κ1) is 33.6. The van der Waals surface area contributed by atoms with Crippen molar-refractivity contribution in [3.05, 3.63) is 87.0 Å². The van der Waals surface area contributed by atoms with Crippen LogP contribution in [0.4, 0.5) is 18.9 Å². The van der Waals surface area contributed by atoms with E-state index < -0.39 is 99.2 Å². The van der Waals surface area contributed by atoms with Crippen molar-refractivity contribution in [2.24, 2.45) is 11.8 Å². The van der Waals surface area contributed by atoms with Crippen molar-refractivity contribution in [3.63, 3.8) is 0 Å². The van der Waals surface area contributed by atoms with Gasteiger partial charge in [0.1, 0.15) is 0 Å². The number of ether oxygens (including phenoxy) is 2. The molecule has 5 aliphatic rings. The van der Waals surface area contributed by atoms with E-state index in [1.165, 1.54) is 31.2 Å². The number of benzene rings is 2. The maximum Gasteiger partial charge on any atom is 0.471 e. The zero-order valence-corrected chi connectivity index (χ0v) is 26.0. The monoisotopic (exact) mass is 696 g/mol. The number of aliphatic hydroxyl groups is 1. The fourth-order valence-corrected chi connectivity index (χ4v) is 8.08. The summed E-state index contributed by atoms with van der Waals surface area (Å²) >= 11 is 0. The van der Waals surface area contributed by atoms with Crippen LogP contribution in [0.15, 0.2) is 60.2 Å². The molecule has 2 aromatic carbocycles. The lowest BCUT2D eigenvalue weighted by atomic mass is 9.57. The van der Waals surface area contributed by atoms with Gasteiger partial charge in [0.15, 0.2) is 23.0 Å². The number of nitrogens with zero attached hydrogens (tertiary/aromatic N) is 1. The molecule has 13 nitrogen and oxygen atoms in total. The zero-order chi connectivity index (χ0) is 36.1. The van der Waals surface area contributed by atoms with Gasteiger partial charge in [0.2, 0.25) is 22.8 Å². The lowest BCUT2D eigenvalue weighted by Crippen LogP contribution is -2.68. The number of non-ortho nitro benzene ring substituents is 1. The van der Waals surface area contributed by atoms with Gasteiger partial charge in [0.05, 0.1) is 23.2 Å². The van der Waals surface area contributed by atoms with Crippen LogP contribution in [0.25, 0.3) is 0 Å². The van der Waals surface area contributed by atoms with Crippen LogP contribution in [0.3, 0.4) is 0 Å². The van der Waals surface area contributed by atoms with Gasteiger partial charge in [-0.15, -0.1) is 0 Å². The predicted molar refractivity (Wildman–Crippen MR) is 160 cm³/mol. The molecule has 1 saturated carbocycles. The first-order chi connectivity index (χ1) is 23.5. The Morgan fingerprint density at radius 2 is 1.56 bits per heavy atom. The number of carbonyl (C=O) groups excluding carboxylic acids is 6. The second-order valence-electron chi connectivity index (χ2n) is 13.2. The van der Waals surface area contributed by atoms with E-state index in [-0.39, 0.29) is 41.6 Å². The molecule has 3 fully saturated rings. The molecule has 0 radical (unpaired) electrons. The Labute approximate surface area is 279 Å². The van der Waals surface area contributed by atoms with Crippen molar-refractivity contribution in [2.45, 2.75) is 73.8 Å². The minimum atomic E-state index is -5.37. The van der Waals surface area contributed by atoms with E-state index in [2.05, 4.69) is 0 Å². The molecular weight excluding hydrogens is 669 g/mol. The molecule has 4 unspecified atom stereocenters. The van der Waals surface area contributed by atoms with E-state index in [1.54, 1.807) is 11.4 Å². The first-order valence-corrected chi connectivity index (χ1v) is 15.7. The third-order valence-corrected chi connectivity index (χ3v) is 10.6. The Hall–Kier alpha value is -4.93. The molecule has 0 spiro atoms. The molecule has 2 saturated heterocycles. The second-order valence-corrected chi connectivity index (χ2v) is 13.2. The van der Waals surface area contributed by atoms with E-state index in [1.807, 2.05) is 0 Å². The number of hydrogen-bond acceptors (Lipinski definition) is 11. The molecule has 2 heterocycles. The summed E-state index contributed by atoms with van der Waals surface area (Å²) < 4.78 is 51.7. The number of nitro benzene ring substituents is 1. The predicted octanol–water partition coefficient (Wildman–Crippen LogP) is 2.81. The third kappa shape index (κ3) is 4.51. The fourth-order valence-electron chi connectivity index (χ4n) is 8.08. The van der Waals surface area contributed by atoms with E-state index in [4.69, 9.17) is 9.47 Å². The van der Waals surface area contributed by atoms with Gasteiger partial charge in [-0.05, 0) is 44.7 Å². The number of nitrogens with one attached hydrogen (secondary N) is 1. The molecule has 2 N–H and O–H groups in total. The van der Waals surface area contributed by atoms with Gasteiger partial charge in [0, 0.05) is 40.7 Å². The highest BCUT2D eigenvalue weighted by Gasteiger charge is 2.91. The summed E-state index contributed by atoms with van der Waals surface area (Å²) in [4.78, 5) is 90.9. The fraction of sp³-hybridized carbons (Fsp3) is 0.412. The molecule has 2 aliphatic heterocycles. The number of ketones is 5. The second kappa shape index (κ2) is 11.0. The summed E-state index contributed by atoms with van der Waals surface area (Å²) in [6, 6.07) is 7.98. The van der Waals surface area contributed by atoms with Crippen molar-refractivity contribution >= 4 is 40.5 Å². The van der Waals surface area contributed by atoms with Crippen LogP contribution < -0.4 is 5.32 Å². The van der Waals surface area contributed by atoms with Gasteiger partial charge in [-0.25, -0.2) is 0 Å². The van der Waals surface area contributed by atoms with Crippen LogP contribution in [-0.2, 0) is 23.9 Å². The van der Waals surface area contributed by atoms with Crippen molar-refractivity contribution in [1.82, 2.24) is 5.32 Å². The Bertz CT molecular complexity index is 1960. The third-order valence-electron chi connectivity index (χ3n) is 10.6. The Morgan fingerprint density at radius 3 is 2.12 bits per heavy atom. The molecule has 1 amide bonds. The number of allylic oxidation sites excluding steroid dienone is 1. The lowest BCUT2D eigenvalue weighted by Gasteiger charge is -2.47. The largest absolute Gasteiger partial charge is 0.471 e. The highest BCUT2D eigenvalue weighted by molar-refractivity contribution is 6.43. The van der Waals surface area contributed by atoms with Crippen LogP contribution in [0, 0.1) is 22.0 Å². The summed E-state index contributed by atoms with van der Waals surface area (Å²) in [6.07, 6.45) is -6.88. The van der Waals surface area contributed by atoms with Crippen molar-refractivity contribution < 1.29 is 61.4 Å². The summed E-state index contributed by atoms with van der Waals surface area (Å²) in [5.74, 6) is -8.49. The minimum Gasteiger partial charge on any atom is -0.377 e. The topological polar surface area (TPSA) is 200 Å². The quantitative estimate of drug-likeness (QED) is 0.112. The SMILES string of the molecule is C[C@H]1O[C@@H](CC2=CCC3C(=O)C45OC4(C(=O)c4ccccc4C5=O)C(=O)C3C2)C[C@H](NC(=O)C(F)(F)F)[C@]1(O)C(=O)c1ccc([N+](=O)[O-])cc1. The van der Waals surface area contributed by atoms with Crippen LogP contribution in [-0.4, -0.2) is 86.1 Å². The van der Waals surface area contributed by atoms with E-state index in [9.17, 15) is 57.2 Å². The number of carbonyl (C=O) groups is 6. The summed E-state index contributed by atoms with van der Waals surface area (Å²) in [5, 5.41) is 24.4. The van der Waals surface area contributed by atoms with Gasteiger partial charge in [-0.3, -0.25) is 38.9 Å². The standard InChI is InChI=1S/C34H27F3N2O11/c1-15-31(46,25(40)17-7-9-18(10-8-17)39(47)48)24(38-30(45)34(35,36)37)14-19(49-15)12-16-6-11-22-23(13-16)29(44)33-27(42)21-5-3-2-4-20(21)26(41)32(33,50-33)28(22)43/h2-10,15,19,22-24,46H,11-14H2,1H3,(H,38,45)/t15-,19+,22?,23?,24+,31+,32?,33?/m1/s1. The van der Waals surface area contributed by atoms with E-state index in [0.717, 1.165) is 24.3 Å². The molecule has 16 heteroatoms. The van der Waals surface area contributed by atoms with Gasteiger partial charge in [0.25, 0.3) is 5.69 Å². The maximum absolute atomic E-state index is 14.0. The molecule has 260 valence electrons. The van der Waals surface area contributed by atoms with Gasteiger partial charge in [-0.1, -0.05) is 35.9 Å². The number of hydrogen-bond donors (Lipinski definition) is 2. The number of Topliss-reactive ketones (excluding diaryl/α,β-unsaturated/α-hetero) is 5. The normalized spacial score (nSPS) is 34.4. The van der Waals surface area contributed by atoms with Crippen molar-refractivity contribution in [3.8, 4) is 0 Å². The Balaban J connectivity index is 1.14. The van der Waals surface area contributed by atoms with Crippen LogP contribution in [0.2, 0.25) is 0 Å². The lowest BCUT2D eigenvalue weighted by molar-refractivity contribution is -0.384. The molecule has 50 heavy (non-hydrogen) atoms. The van der Waals surface area contributed by atoms with Gasteiger partial charge >= 0.3 is 12.1 Å². The average Bonchev–Trinajstić information content (AvgIpc) is 3.82. The van der Waals surface area contributed by atoms with Crippen LogP contribution in [0.1, 0.15) is 63.7 Å². The average molecular weight is 697 g/mol. The maximum atomic E-state index is 14.0. The van der Waals surface area contributed by atoms with Gasteiger partial charge < -0.3 is 19.9 Å². The number of rotatable bonds is 6. The highest BCUT2D eigenvalue weighted by Crippen LogP contribution is 2.63. The number of halogens is 3. The van der Waals surface area contributed by atoms with Gasteiger partial charge in [-0.2, -0.15) is 13.2 Å². The highest BCUT2D eigenvalue weighted by atomic mass is 19.4. The van der Waals surface area contributed by atoms with Crippen LogP contribution >= 0.6 is 0 Å². The zero-order valence-electron chi connectivity index (χ0n) is 26.0.